The highest BCUT2D eigenvalue weighted by Crippen LogP contribution is 2.12. The molecule has 1 aliphatic heterocycles. The highest BCUT2D eigenvalue weighted by atomic mass is 16.5. The number of aromatic amines is 1. The number of nitrogens with one attached hydrogen (secondary N) is 2. The van der Waals surface area contributed by atoms with Gasteiger partial charge in [0.1, 0.15) is 18.2 Å². The maximum atomic E-state index is 11.7. The summed E-state index contributed by atoms with van der Waals surface area (Å²) in [6.45, 7) is 0.333. The van der Waals surface area contributed by atoms with Gasteiger partial charge in [0.25, 0.3) is 0 Å². The Kier molecular flexibility index (Phi) is 4.13. The second-order valence-electron chi connectivity index (χ2n) is 4.48. The molecular weight excluding hydrogens is 252 g/mol. The maximum Gasteiger partial charge on any atom is 0.323 e. The highest BCUT2D eigenvalue weighted by molar-refractivity contribution is 5.77. The number of carboxylic acid groups (broad SMARTS) is 1. The molecule has 2 rings (SSSR count). The average molecular weight is 268 g/mol. The Hall–Kier alpha value is -1.93. The molecule has 1 fully saturated rings. The third kappa shape index (κ3) is 3.52. The van der Waals surface area contributed by atoms with E-state index in [0.29, 0.717) is 13.0 Å². The molecule has 0 radical (unpaired) electrons. The number of nitrogens with two attached hydrogens (primary N) is 1. The zero-order valence-electron chi connectivity index (χ0n) is 10.2. The van der Waals surface area contributed by atoms with E-state index in [4.69, 9.17) is 15.6 Å². The standard InChI is InChI=1S/C11H16N4O4/c12-8(1-6-3-13-5-15-6)11(18)19-7-2-9(10(16)17)14-4-7/h3,5,7-9,14H,1-2,4,12H2,(H,13,15)(H,16,17)/t7?,8-,9-/m0/s1. The van der Waals surface area contributed by atoms with Crippen LogP contribution in [0.2, 0.25) is 0 Å². The van der Waals surface area contributed by atoms with Crippen molar-refractivity contribution >= 4 is 11.9 Å². The molecule has 8 nitrogen and oxygen atoms in total. The summed E-state index contributed by atoms with van der Waals surface area (Å²) in [4.78, 5) is 29.2. The van der Waals surface area contributed by atoms with Crippen molar-refractivity contribution in [3.8, 4) is 0 Å². The molecule has 1 unspecified atom stereocenters. The third-order valence-electron chi connectivity index (χ3n) is 2.97. The molecule has 104 valence electrons. The molecule has 0 saturated carbocycles. The zero-order chi connectivity index (χ0) is 13.8. The predicted molar refractivity (Wildman–Crippen MR) is 64.2 cm³/mol. The molecule has 3 atom stereocenters. The number of H-pyrrole nitrogens is 1. The van der Waals surface area contributed by atoms with Crippen LogP contribution in [-0.2, 0) is 20.7 Å². The minimum absolute atomic E-state index is 0.262. The molecule has 5 N–H and O–H groups in total. The molecule has 8 heteroatoms. The summed E-state index contributed by atoms with van der Waals surface area (Å²) in [5, 5.41) is 11.6. The molecule has 1 aromatic heterocycles. The van der Waals surface area contributed by atoms with Gasteiger partial charge in [-0.25, -0.2) is 4.98 Å². The first-order chi connectivity index (χ1) is 9.06. The highest BCUT2D eigenvalue weighted by Gasteiger charge is 2.32. The Bertz CT molecular complexity index is 448. The smallest absolute Gasteiger partial charge is 0.323 e. The van der Waals surface area contributed by atoms with E-state index in [2.05, 4.69) is 15.3 Å². The Morgan fingerprint density at radius 1 is 1.63 bits per heavy atom. The van der Waals surface area contributed by atoms with Gasteiger partial charge < -0.3 is 25.9 Å². The number of carbonyl (C=O) groups excluding carboxylic acids is 1. The van der Waals surface area contributed by atoms with E-state index in [9.17, 15) is 9.59 Å². The summed E-state index contributed by atoms with van der Waals surface area (Å²) < 4.78 is 5.18. The molecule has 0 bridgehead atoms. The predicted octanol–water partition coefficient (Wildman–Crippen LogP) is -1.36. The zero-order valence-corrected chi connectivity index (χ0v) is 10.2. The van der Waals surface area contributed by atoms with Crippen molar-refractivity contribution in [2.24, 2.45) is 5.73 Å². The molecule has 1 saturated heterocycles. The number of nitrogens with zero attached hydrogens (tertiary/aromatic N) is 1. The van der Waals surface area contributed by atoms with Gasteiger partial charge in [0.05, 0.1) is 6.33 Å². The maximum absolute atomic E-state index is 11.7. The van der Waals surface area contributed by atoms with Gasteiger partial charge >= 0.3 is 11.9 Å². The number of hydrogen-bond acceptors (Lipinski definition) is 6. The SMILES string of the molecule is N[C@@H](Cc1cnc[nH]1)C(=O)OC1CN[C@H](C(=O)O)C1. The van der Waals surface area contributed by atoms with Crippen molar-refractivity contribution in [1.82, 2.24) is 15.3 Å². The van der Waals surface area contributed by atoms with E-state index in [1.807, 2.05) is 0 Å². The van der Waals surface area contributed by atoms with Gasteiger partial charge in [0, 0.05) is 31.3 Å². The van der Waals surface area contributed by atoms with E-state index in [0.717, 1.165) is 5.69 Å². The molecule has 2 heterocycles. The Labute approximate surface area is 109 Å². The van der Waals surface area contributed by atoms with Crippen LogP contribution in [0, 0.1) is 0 Å². The van der Waals surface area contributed by atoms with E-state index >= 15 is 0 Å². The first kappa shape index (κ1) is 13.5. The molecule has 1 aromatic rings. The third-order valence-corrected chi connectivity index (χ3v) is 2.97. The van der Waals surface area contributed by atoms with Crippen LogP contribution in [0.1, 0.15) is 12.1 Å². The summed E-state index contributed by atoms with van der Waals surface area (Å²) in [7, 11) is 0. The summed E-state index contributed by atoms with van der Waals surface area (Å²) in [6, 6.07) is -1.45. The lowest BCUT2D eigenvalue weighted by Gasteiger charge is -2.14. The molecule has 1 aliphatic rings. The van der Waals surface area contributed by atoms with Crippen molar-refractivity contribution in [3.63, 3.8) is 0 Å². The second kappa shape index (κ2) is 5.81. The van der Waals surface area contributed by atoms with Crippen molar-refractivity contribution < 1.29 is 19.4 Å². The molecule has 0 aliphatic carbocycles. The van der Waals surface area contributed by atoms with Crippen LogP contribution in [0.15, 0.2) is 12.5 Å². The number of imidazole rings is 1. The fourth-order valence-electron chi connectivity index (χ4n) is 1.95. The minimum Gasteiger partial charge on any atom is -0.480 e. The molecule has 0 spiro atoms. The number of carbonyl (C=O) groups is 2. The fourth-order valence-corrected chi connectivity index (χ4v) is 1.95. The fraction of sp³-hybridized carbons (Fsp3) is 0.545. The lowest BCUT2D eigenvalue weighted by atomic mass is 10.1. The van der Waals surface area contributed by atoms with E-state index < -0.39 is 30.1 Å². The van der Waals surface area contributed by atoms with Gasteiger partial charge in [0.2, 0.25) is 0 Å². The number of aromatic nitrogens is 2. The minimum atomic E-state index is -0.944. The van der Waals surface area contributed by atoms with Gasteiger partial charge in [-0.2, -0.15) is 0 Å². The first-order valence-electron chi connectivity index (χ1n) is 5.95. The van der Waals surface area contributed by atoms with Crippen molar-refractivity contribution in [2.75, 3.05) is 6.54 Å². The number of aliphatic carboxylic acids is 1. The summed E-state index contributed by atoms with van der Waals surface area (Å²) in [5.41, 5.74) is 6.47. The van der Waals surface area contributed by atoms with Crippen molar-refractivity contribution in [2.45, 2.75) is 31.0 Å². The normalized spacial score (nSPS) is 24.1. The van der Waals surface area contributed by atoms with Crippen molar-refractivity contribution in [3.05, 3.63) is 18.2 Å². The first-order valence-corrected chi connectivity index (χ1v) is 5.95. The van der Waals surface area contributed by atoms with Crippen LogP contribution in [0.3, 0.4) is 0 Å². The van der Waals surface area contributed by atoms with Gasteiger partial charge in [-0.05, 0) is 0 Å². The van der Waals surface area contributed by atoms with Gasteiger partial charge in [-0.15, -0.1) is 0 Å². The summed E-state index contributed by atoms with van der Waals surface area (Å²) in [5.74, 6) is -1.48. The van der Waals surface area contributed by atoms with E-state index in [1.165, 1.54) is 6.33 Å². The molecular formula is C11H16N4O4. The Morgan fingerprint density at radius 3 is 3.00 bits per heavy atom. The van der Waals surface area contributed by atoms with Crippen LogP contribution in [0.25, 0.3) is 0 Å². The van der Waals surface area contributed by atoms with Gasteiger partial charge in [0.15, 0.2) is 0 Å². The van der Waals surface area contributed by atoms with Crippen LogP contribution >= 0.6 is 0 Å². The van der Waals surface area contributed by atoms with Crippen LogP contribution < -0.4 is 11.1 Å². The van der Waals surface area contributed by atoms with Crippen LogP contribution in [0.5, 0.6) is 0 Å². The molecule has 0 aromatic carbocycles. The Balaban J connectivity index is 1.79. The molecule has 0 amide bonds. The van der Waals surface area contributed by atoms with Crippen LogP contribution in [-0.4, -0.2) is 51.7 Å². The van der Waals surface area contributed by atoms with E-state index in [-0.39, 0.29) is 6.42 Å². The van der Waals surface area contributed by atoms with Gasteiger partial charge in [-0.3, -0.25) is 9.59 Å². The molecule has 19 heavy (non-hydrogen) atoms. The largest absolute Gasteiger partial charge is 0.480 e. The number of hydrogen-bond donors (Lipinski definition) is 4. The number of ether oxygens (including phenoxy) is 1. The monoisotopic (exact) mass is 268 g/mol. The number of rotatable bonds is 5. The number of carboxylic acids is 1. The topological polar surface area (TPSA) is 130 Å². The lowest BCUT2D eigenvalue weighted by molar-refractivity contribution is -0.150. The number of esters is 1. The summed E-state index contributed by atoms with van der Waals surface area (Å²) >= 11 is 0. The van der Waals surface area contributed by atoms with Crippen molar-refractivity contribution in [1.29, 1.82) is 0 Å². The summed E-state index contributed by atoms with van der Waals surface area (Å²) in [6.07, 6.45) is 3.22. The quantitative estimate of drug-likeness (QED) is 0.485. The average Bonchev–Trinajstić information content (AvgIpc) is 2.99. The Morgan fingerprint density at radius 2 is 2.42 bits per heavy atom. The lowest BCUT2D eigenvalue weighted by Crippen LogP contribution is -2.37. The van der Waals surface area contributed by atoms with Gasteiger partial charge in [-0.1, -0.05) is 0 Å². The second-order valence-corrected chi connectivity index (χ2v) is 4.48. The van der Waals surface area contributed by atoms with Crippen LogP contribution in [0.4, 0.5) is 0 Å². The van der Waals surface area contributed by atoms with E-state index in [1.54, 1.807) is 6.20 Å².